The molecule has 0 amide bonds. The van der Waals surface area contributed by atoms with Gasteiger partial charge in [-0.1, -0.05) is 146 Å². The highest BCUT2D eigenvalue weighted by Crippen LogP contribution is 2.64. The van der Waals surface area contributed by atoms with Crippen LogP contribution in [0.3, 0.4) is 0 Å². The van der Waals surface area contributed by atoms with Gasteiger partial charge in [0.05, 0.1) is 5.41 Å². The maximum Gasteiger partial charge on any atom is 0.135 e. The molecule has 0 saturated carbocycles. The third-order valence-electron chi connectivity index (χ3n) is 11.9. The number of hydrogen-bond acceptors (Lipinski definition) is 1. The molecule has 3 aliphatic rings. The van der Waals surface area contributed by atoms with Crippen LogP contribution >= 0.6 is 0 Å². The number of ether oxygens (including phenoxy) is 1. The summed E-state index contributed by atoms with van der Waals surface area (Å²) in [6, 6.07) is 67.4. The van der Waals surface area contributed by atoms with Crippen LogP contribution < -0.4 is 4.74 Å². The molecule has 0 aromatic heterocycles. The fraction of sp³-hybridized carbons (Fsp3) is 0.0196. The van der Waals surface area contributed by atoms with Crippen LogP contribution in [0.5, 0.6) is 11.5 Å². The van der Waals surface area contributed by atoms with E-state index in [1.54, 1.807) is 0 Å². The smallest absolute Gasteiger partial charge is 0.135 e. The van der Waals surface area contributed by atoms with Gasteiger partial charge in [0, 0.05) is 10.9 Å². The highest BCUT2D eigenvalue weighted by molar-refractivity contribution is 6.06. The highest BCUT2D eigenvalue weighted by atomic mass is 16.5. The number of fused-ring (bicyclic) bond motifs is 13. The normalized spacial score (nSPS) is 13.7. The SMILES string of the molecule is c1ccc(-c2cccc3cc4c(cc23)-c2ccc(-c3ccc5c(c3)-c3cccc6cccc(c36)O5)cc2C42c3ccccc3-c3ccccc32)cc1. The fourth-order valence-corrected chi connectivity index (χ4v) is 9.70. The summed E-state index contributed by atoms with van der Waals surface area (Å²) in [6.07, 6.45) is 0. The molecule has 1 nitrogen and oxygen atoms in total. The lowest BCUT2D eigenvalue weighted by Gasteiger charge is -2.31. The Bertz CT molecular complexity index is 2940. The van der Waals surface area contributed by atoms with Gasteiger partial charge >= 0.3 is 0 Å². The van der Waals surface area contributed by atoms with Crippen molar-refractivity contribution in [3.63, 3.8) is 0 Å². The maximum atomic E-state index is 6.49. The molecule has 1 spiro atoms. The summed E-state index contributed by atoms with van der Waals surface area (Å²) >= 11 is 0. The Morgan fingerprint density at radius 2 is 0.923 bits per heavy atom. The Hall–Kier alpha value is -6.70. The molecule has 0 bridgehead atoms. The van der Waals surface area contributed by atoms with Crippen LogP contribution in [0, 0.1) is 0 Å². The van der Waals surface area contributed by atoms with E-state index in [1.807, 2.05) is 0 Å². The minimum absolute atomic E-state index is 0.438. The highest BCUT2D eigenvalue weighted by Gasteiger charge is 2.51. The first-order valence-corrected chi connectivity index (χ1v) is 18.1. The zero-order valence-corrected chi connectivity index (χ0v) is 28.2. The summed E-state index contributed by atoms with van der Waals surface area (Å²) in [6.45, 7) is 0. The van der Waals surface area contributed by atoms with E-state index < -0.39 is 5.41 Å². The van der Waals surface area contributed by atoms with E-state index in [9.17, 15) is 0 Å². The lowest BCUT2D eigenvalue weighted by atomic mass is 9.70. The molecule has 0 radical (unpaired) electrons. The largest absolute Gasteiger partial charge is 0.456 e. The van der Waals surface area contributed by atoms with Crippen molar-refractivity contribution >= 4 is 21.5 Å². The van der Waals surface area contributed by atoms with Crippen LogP contribution in [-0.4, -0.2) is 0 Å². The van der Waals surface area contributed by atoms with E-state index in [0.29, 0.717) is 0 Å². The van der Waals surface area contributed by atoms with Crippen LogP contribution in [0.4, 0.5) is 0 Å². The molecular weight excluding hydrogens is 629 g/mol. The number of hydrogen-bond donors (Lipinski definition) is 0. The third-order valence-corrected chi connectivity index (χ3v) is 11.9. The molecule has 9 aromatic rings. The molecule has 2 aliphatic carbocycles. The van der Waals surface area contributed by atoms with Gasteiger partial charge in [0.1, 0.15) is 11.5 Å². The van der Waals surface area contributed by atoms with Crippen molar-refractivity contribution in [1.29, 1.82) is 0 Å². The van der Waals surface area contributed by atoms with E-state index in [-0.39, 0.29) is 0 Å². The van der Waals surface area contributed by atoms with E-state index in [2.05, 4.69) is 182 Å². The van der Waals surface area contributed by atoms with E-state index in [4.69, 9.17) is 4.74 Å². The molecule has 52 heavy (non-hydrogen) atoms. The van der Waals surface area contributed by atoms with E-state index >= 15 is 0 Å². The molecule has 0 N–H and O–H groups in total. The summed E-state index contributed by atoms with van der Waals surface area (Å²) in [4.78, 5) is 0. The van der Waals surface area contributed by atoms with Crippen LogP contribution in [0.1, 0.15) is 22.3 Å². The molecule has 12 rings (SSSR count). The Balaban J connectivity index is 1.13. The standard InChI is InChI=1S/C51H30O/c1-2-11-31(12-3-1)36-18-9-15-35-29-47-42(30-41(35)36)39-25-23-34(28-46(39)51(47)44-20-6-4-16-37(44)38-17-5-7-21-45(38)51)33-24-26-48-43(27-33)40-19-8-13-32-14-10-22-49(52-48)50(32)40/h1-30H. The van der Waals surface area contributed by atoms with Crippen molar-refractivity contribution < 1.29 is 4.74 Å². The summed E-state index contributed by atoms with van der Waals surface area (Å²) < 4.78 is 6.49. The van der Waals surface area contributed by atoms with Crippen molar-refractivity contribution in [2.45, 2.75) is 5.41 Å². The van der Waals surface area contributed by atoms with E-state index in [0.717, 1.165) is 17.1 Å². The van der Waals surface area contributed by atoms with Gasteiger partial charge in [-0.25, -0.2) is 0 Å². The Morgan fingerprint density at radius 3 is 1.73 bits per heavy atom. The van der Waals surface area contributed by atoms with Crippen molar-refractivity contribution in [2.75, 3.05) is 0 Å². The molecule has 0 atom stereocenters. The van der Waals surface area contributed by atoms with Gasteiger partial charge in [0.15, 0.2) is 0 Å². The van der Waals surface area contributed by atoms with Gasteiger partial charge < -0.3 is 4.74 Å². The summed E-state index contributed by atoms with van der Waals surface area (Å²) in [5.41, 5.74) is 17.5. The first-order chi connectivity index (χ1) is 25.8. The summed E-state index contributed by atoms with van der Waals surface area (Å²) in [5, 5.41) is 4.92. The lowest BCUT2D eigenvalue weighted by Crippen LogP contribution is -2.25. The molecule has 0 unspecified atom stereocenters. The van der Waals surface area contributed by atoms with Gasteiger partial charge in [-0.2, -0.15) is 0 Å². The van der Waals surface area contributed by atoms with Gasteiger partial charge in [-0.05, 0) is 125 Å². The number of rotatable bonds is 2. The monoisotopic (exact) mass is 658 g/mol. The van der Waals surface area contributed by atoms with Gasteiger partial charge in [0.2, 0.25) is 0 Å². The average molecular weight is 659 g/mol. The van der Waals surface area contributed by atoms with Gasteiger partial charge in [-0.15, -0.1) is 0 Å². The Labute approximate surface area is 302 Å². The first kappa shape index (κ1) is 28.0. The molecule has 9 aromatic carbocycles. The zero-order chi connectivity index (χ0) is 34.0. The van der Waals surface area contributed by atoms with Crippen LogP contribution in [0.2, 0.25) is 0 Å². The molecule has 1 heterocycles. The second-order valence-electron chi connectivity index (χ2n) is 14.4. The summed E-state index contributed by atoms with van der Waals surface area (Å²) in [7, 11) is 0. The van der Waals surface area contributed by atoms with Crippen LogP contribution in [-0.2, 0) is 5.41 Å². The van der Waals surface area contributed by atoms with Crippen molar-refractivity contribution in [3.8, 4) is 67.1 Å². The molecular formula is C51H30O. The van der Waals surface area contributed by atoms with Gasteiger partial charge in [-0.3, -0.25) is 0 Å². The van der Waals surface area contributed by atoms with Gasteiger partial charge in [0.25, 0.3) is 0 Å². The zero-order valence-electron chi connectivity index (χ0n) is 28.2. The van der Waals surface area contributed by atoms with E-state index in [1.165, 1.54) is 93.9 Å². The second-order valence-corrected chi connectivity index (χ2v) is 14.4. The van der Waals surface area contributed by atoms with Crippen LogP contribution in [0.15, 0.2) is 182 Å². The topological polar surface area (TPSA) is 9.23 Å². The Kier molecular flexibility index (Phi) is 5.49. The maximum absolute atomic E-state index is 6.49. The molecule has 0 fully saturated rings. The molecule has 1 aliphatic heterocycles. The fourth-order valence-electron chi connectivity index (χ4n) is 9.70. The van der Waals surface area contributed by atoms with Crippen molar-refractivity contribution in [3.05, 3.63) is 204 Å². The predicted molar refractivity (Wildman–Crippen MR) is 214 cm³/mol. The van der Waals surface area contributed by atoms with Crippen LogP contribution in [0.25, 0.3) is 77.2 Å². The average Bonchev–Trinajstić information content (AvgIpc) is 3.67. The molecule has 240 valence electrons. The van der Waals surface area contributed by atoms with Crippen molar-refractivity contribution in [1.82, 2.24) is 0 Å². The second kappa shape index (κ2) is 10.2. The quantitative estimate of drug-likeness (QED) is 0.180. The molecule has 1 heteroatoms. The first-order valence-electron chi connectivity index (χ1n) is 18.1. The van der Waals surface area contributed by atoms with Crippen molar-refractivity contribution in [2.24, 2.45) is 0 Å². The molecule has 0 saturated heterocycles. The minimum Gasteiger partial charge on any atom is -0.456 e. The number of benzene rings is 9. The summed E-state index contributed by atoms with van der Waals surface area (Å²) in [5.74, 6) is 1.83. The third kappa shape index (κ3) is 3.57. The predicted octanol–water partition coefficient (Wildman–Crippen LogP) is 13.4. The Morgan fingerprint density at radius 1 is 0.308 bits per heavy atom. The minimum atomic E-state index is -0.438. The lowest BCUT2D eigenvalue weighted by molar-refractivity contribution is 0.487.